The van der Waals surface area contributed by atoms with Gasteiger partial charge in [0, 0.05) is 32.1 Å². The average Bonchev–Trinajstić information content (AvgIpc) is 2.71. The highest BCUT2D eigenvalue weighted by atomic mass is 16.2. The smallest absolute Gasteiger partial charge is 0.326 e. The van der Waals surface area contributed by atoms with Crippen LogP contribution in [0, 0.1) is 0 Å². The molecule has 0 atom stereocenters. The molecule has 0 radical (unpaired) electrons. The highest BCUT2D eigenvalue weighted by molar-refractivity contribution is 6.01. The maximum absolute atomic E-state index is 11.8. The van der Waals surface area contributed by atoms with Gasteiger partial charge in [-0.2, -0.15) is 0 Å². The third-order valence-corrected chi connectivity index (χ3v) is 4.06. The Labute approximate surface area is 125 Å². The van der Waals surface area contributed by atoms with Crippen LogP contribution in [0.1, 0.15) is 39.5 Å². The zero-order chi connectivity index (χ0) is 16.0. The second-order valence-corrected chi connectivity index (χ2v) is 5.63. The standard InChI is InChI=1S/C14H26N4O3/c1-4-14(15,5-2)10-16-11(19)7-6-8-18-12(20)9-17(3)13(18)21/h4-10,15H2,1-3H3,(H,16,19). The van der Waals surface area contributed by atoms with Crippen molar-refractivity contribution in [2.24, 2.45) is 5.73 Å². The maximum atomic E-state index is 11.8. The fraction of sp³-hybridized carbons (Fsp3) is 0.786. The summed E-state index contributed by atoms with van der Waals surface area (Å²) in [4.78, 5) is 37.5. The Kier molecular flexibility index (Phi) is 6.14. The summed E-state index contributed by atoms with van der Waals surface area (Å²) in [5.74, 6) is -0.306. The number of imide groups is 1. The first-order valence-electron chi connectivity index (χ1n) is 7.44. The summed E-state index contributed by atoms with van der Waals surface area (Å²) in [6, 6.07) is -0.293. The SMILES string of the molecule is CCC(N)(CC)CNC(=O)CCCN1C(=O)CN(C)C1=O. The number of urea groups is 1. The molecule has 0 saturated carbocycles. The number of rotatable bonds is 8. The van der Waals surface area contributed by atoms with Gasteiger partial charge in [0.05, 0.1) is 0 Å². The first-order chi connectivity index (χ1) is 9.83. The van der Waals surface area contributed by atoms with Crippen molar-refractivity contribution in [1.82, 2.24) is 15.1 Å². The molecular formula is C14H26N4O3. The van der Waals surface area contributed by atoms with Gasteiger partial charge in [-0.1, -0.05) is 13.8 Å². The monoisotopic (exact) mass is 298 g/mol. The number of nitrogens with zero attached hydrogens (tertiary/aromatic N) is 2. The Bertz CT molecular complexity index is 407. The lowest BCUT2D eigenvalue weighted by Crippen LogP contribution is -2.49. The van der Waals surface area contributed by atoms with Crippen molar-refractivity contribution >= 4 is 17.8 Å². The third-order valence-electron chi connectivity index (χ3n) is 4.06. The topological polar surface area (TPSA) is 95.7 Å². The Hall–Kier alpha value is -1.63. The van der Waals surface area contributed by atoms with E-state index in [1.54, 1.807) is 7.05 Å². The third kappa shape index (κ3) is 4.70. The molecule has 7 nitrogen and oxygen atoms in total. The molecule has 1 aliphatic rings. The molecule has 1 saturated heterocycles. The van der Waals surface area contributed by atoms with Crippen molar-refractivity contribution in [3.05, 3.63) is 0 Å². The normalized spacial score (nSPS) is 15.8. The Balaban J connectivity index is 2.28. The lowest BCUT2D eigenvalue weighted by atomic mass is 9.94. The molecule has 21 heavy (non-hydrogen) atoms. The van der Waals surface area contributed by atoms with Gasteiger partial charge in [0.15, 0.2) is 0 Å². The van der Waals surface area contributed by atoms with E-state index in [9.17, 15) is 14.4 Å². The van der Waals surface area contributed by atoms with E-state index >= 15 is 0 Å². The number of hydrogen-bond donors (Lipinski definition) is 2. The van der Waals surface area contributed by atoms with E-state index in [1.165, 1.54) is 9.80 Å². The summed E-state index contributed by atoms with van der Waals surface area (Å²) in [6.45, 7) is 4.84. The van der Waals surface area contributed by atoms with Crippen molar-refractivity contribution in [1.29, 1.82) is 0 Å². The molecule has 7 heteroatoms. The molecule has 0 aromatic carbocycles. The fourth-order valence-electron chi connectivity index (χ4n) is 2.15. The minimum atomic E-state index is -0.362. The van der Waals surface area contributed by atoms with Gasteiger partial charge in [0.25, 0.3) is 0 Å². The average molecular weight is 298 g/mol. The number of carbonyl (C=O) groups excluding carboxylic acids is 3. The van der Waals surface area contributed by atoms with Crippen LogP contribution in [0.3, 0.4) is 0 Å². The van der Waals surface area contributed by atoms with E-state index in [0.29, 0.717) is 13.0 Å². The van der Waals surface area contributed by atoms with E-state index in [2.05, 4.69) is 5.32 Å². The maximum Gasteiger partial charge on any atom is 0.326 e. The minimum Gasteiger partial charge on any atom is -0.354 e. The molecular weight excluding hydrogens is 272 g/mol. The van der Waals surface area contributed by atoms with E-state index < -0.39 is 0 Å². The number of nitrogens with two attached hydrogens (primary N) is 1. The molecule has 3 N–H and O–H groups in total. The number of carbonyl (C=O) groups is 3. The van der Waals surface area contributed by atoms with Crippen LogP contribution < -0.4 is 11.1 Å². The zero-order valence-electron chi connectivity index (χ0n) is 13.1. The summed E-state index contributed by atoms with van der Waals surface area (Å²) in [5.41, 5.74) is 5.75. The van der Waals surface area contributed by atoms with Crippen LogP contribution in [0.4, 0.5) is 4.79 Å². The fourth-order valence-corrected chi connectivity index (χ4v) is 2.15. The van der Waals surface area contributed by atoms with Crippen LogP contribution in [-0.2, 0) is 9.59 Å². The molecule has 1 fully saturated rings. The second-order valence-electron chi connectivity index (χ2n) is 5.63. The summed E-state index contributed by atoms with van der Waals surface area (Å²) in [6.07, 6.45) is 2.34. The first kappa shape index (κ1) is 17.4. The molecule has 0 aromatic heterocycles. The molecule has 0 spiro atoms. The summed E-state index contributed by atoms with van der Waals surface area (Å²) < 4.78 is 0. The number of hydrogen-bond acceptors (Lipinski definition) is 4. The van der Waals surface area contributed by atoms with Gasteiger partial charge in [0.1, 0.15) is 6.54 Å². The molecule has 1 rings (SSSR count). The Morgan fingerprint density at radius 1 is 1.33 bits per heavy atom. The quantitative estimate of drug-likeness (QED) is 0.630. The van der Waals surface area contributed by atoms with Crippen LogP contribution in [0.25, 0.3) is 0 Å². The number of likely N-dealkylation sites (N-methyl/N-ethyl adjacent to an activating group) is 1. The van der Waals surface area contributed by atoms with Gasteiger partial charge in [-0.25, -0.2) is 4.79 Å². The van der Waals surface area contributed by atoms with Crippen LogP contribution in [0.2, 0.25) is 0 Å². The zero-order valence-corrected chi connectivity index (χ0v) is 13.1. The van der Waals surface area contributed by atoms with E-state index in [-0.39, 0.29) is 42.9 Å². The minimum absolute atomic E-state index is 0.0980. The number of amides is 4. The van der Waals surface area contributed by atoms with Gasteiger partial charge >= 0.3 is 6.03 Å². The first-order valence-corrected chi connectivity index (χ1v) is 7.44. The summed E-state index contributed by atoms with van der Waals surface area (Å²) in [5, 5.41) is 2.82. The molecule has 120 valence electrons. The van der Waals surface area contributed by atoms with Crippen molar-refractivity contribution < 1.29 is 14.4 Å². The Morgan fingerprint density at radius 3 is 2.43 bits per heavy atom. The van der Waals surface area contributed by atoms with Crippen molar-refractivity contribution in [3.63, 3.8) is 0 Å². The van der Waals surface area contributed by atoms with Crippen molar-refractivity contribution in [2.45, 2.75) is 45.1 Å². The number of nitrogens with one attached hydrogen (secondary N) is 1. The van der Waals surface area contributed by atoms with Crippen LogP contribution in [0.15, 0.2) is 0 Å². The molecule has 0 bridgehead atoms. The van der Waals surface area contributed by atoms with E-state index in [0.717, 1.165) is 12.8 Å². The van der Waals surface area contributed by atoms with Gasteiger partial charge in [-0.15, -0.1) is 0 Å². The van der Waals surface area contributed by atoms with Crippen molar-refractivity contribution in [2.75, 3.05) is 26.7 Å². The Morgan fingerprint density at radius 2 is 1.95 bits per heavy atom. The molecule has 0 unspecified atom stereocenters. The van der Waals surface area contributed by atoms with Crippen LogP contribution in [-0.4, -0.2) is 59.9 Å². The van der Waals surface area contributed by atoms with Gasteiger partial charge in [-0.3, -0.25) is 14.5 Å². The van der Waals surface area contributed by atoms with Gasteiger partial charge in [-0.05, 0) is 19.3 Å². The molecule has 1 heterocycles. The molecule has 4 amide bonds. The lowest BCUT2D eigenvalue weighted by Gasteiger charge is -2.26. The molecule has 0 aliphatic carbocycles. The van der Waals surface area contributed by atoms with E-state index in [1.807, 2.05) is 13.8 Å². The summed E-state index contributed by atoms with van der Waals surface area (Å²) in [7, 11) is 1.59. The van der Waals surface area contributed by atoms with Crippen LogP contribution in [0.5, 0.6) is 0 Å². The lowest BCUT2D eigenvalue weighted by molar-refractivity contribution is -0.126. The van der Waals surface area contributed by atoms with E-state index in [4.69, 9.17) is 5.73 Å². The van der Waals surface area contributed by atoms with Crippen molar-refractivity contribution in [3.8, 4) is 0 Å². The van der Waals surface area contributed by atoms with Gasteiger partial charge in [0.2, 0.25) is 11.8 Å². The highest BCUT2D eigenvalue weighted by Gasteiger charge is 2.32. The predicted molar refractivity (Wildman–Crippen MR) is 79.5 cm³/mol. The largest absolute Gasteiger partial charge is 0.354 e. The van der Waals surface area contributed by atoms with Crippen LogP contribution >= 0.6 is 0 Å². The molecule has 0 aromatic rings. The predicted octanol–water partition coefficient (Wildman–Crippen LogP) is 0.294. The summed E-state index contributed by atoms with van der Waals surface area (Å²) >= 11 is 0. The second kappa shape index (κ2) is 7.40. The van der Waals surface area contributed by atoms with Gasteiger partial charge < -0.3 is 16.0 Å². The highest BCUT2D eigenvalue weighted by Crippen LogP contribution is 2.10. The molecule has 1 aliphatic heterocycles.